The zero-order valence-electron chi connectivity index (χ0n) is 10.5. The molecule has 1 rings (SSSR count). The van der Waals surface area contributed by atoms with Gasteiger partial charge in [-0.1, -0.05) is 26.3 Å². The molecule has 5 heteroatoms. The van der Waals surface area contributed by atoms with Crippen LogP contribution in [0, 0.1) is 5.92 Å². The Morgan fingerprint density at radius 1 is 1.53 bits per heavy atom. The number of halogens is 1. The molecule has 1 unspecified atom stereocenters. The van der Waals surface area contributed by atoms with Gasteiger partial charge in [0.05, 0.1) is 0 Å². The number of nitrogens with two attached hydrogens (primary N) is 1. The van der Waals surface area contributed by atoms with Gasteiger partial charge in [0.25, 0.3) is 5.91 Å². The predicted octanol–water partition coefficient (Wildman–Crippen LogP) is 2.20. The SMILES string of the molecule is CCC(C)CN(C)C(=O)c1cccc(N)n1.Cl. The van der Waals surface area contributed by atoms with Gasteiger partial charge in [-0.05, 0) is 18.1 Å². The van der Waals surface area contributed by atoms with Crippen LogP contribution >= 0.6 is 12.4 Å². The Morgan fingerprint density at radius 3 is 2.71 bits per heavy atom. The van der Waals surface area contributed by atoms with Crippen molar-refractivity contribution in [2.45, 2.75) is 20.3 Å². The fourth-order valence-corrected chi connectivity index (χ4v) is 1.45. The Bertz CT molecular complexity index is 371. The van der Waals surface area contributed by atoms with Gasteiger partial charge in [-0.3, -0.25) is 4.79 Å². The zero-order valence-corrected chi connectivity index (χ0v) is 11.3. The van der Waals surface area contributed by atoms with Gasteiger partial charge in [-0.15, -0.1) is 12.4 Å². The maximum atomic E-state index is 12.0. The molecule has 0 aliphatic carbocycles. The summed E-state index contributed by atoms with van der Waals surface area (Å²) in [6.07, 6.45) is 1.06. The monoisotopic (exact) mass is 257 g/mol. The minimum atomic E-state index is -0.0763. The van der Waals surface area contributed by atoms with E-state index >= 15 is 0 Å². The second kappa shape index (κ2) is 7.12. The number of amides is 1. The lowest BCUT2D eigenvalue weighted by atomic mass is 10.1. The van der Waals surface area contributed by atoms with E-state index in [0.29, 0.717) is 17.4 Å². The first kappa shape index (κ1) is 15.7. The highest BCUT2D eigenvalue weighted by Gasteiger charge is 2.14. The summed E-state index contributed by atoms with van der Waals surface area (Å²) >= 11 is 0. The van der Waals surface area contributed by atoms with Gasteiger partial charge in [0, 0.05) is 13.6 Å². The van der Waals surface area contributed by atoms with Gasteiger partial charge in [-0.25, -0.2) is 4.98 Å². The second-order valence-electron chi connectivity index (χ2n) is 4.15. The molecule has 0 fully saturated rings. The molecule has 1 amide bonds. The average Bonchev–Trinajstić information content (AvgIpc) is 2.27. The molecule has 1 heterocycles. The Kier molecular flexibility index (Phi) is 6.58. The van der Waals surface area contributed by atoms with E-state index in [9.17, 15) is 4.79 Å². The van der Waals surface area contributed by atoms with Crippen molar-refractivity contribution in [2.24, 2.45) is 5.92 Å². The third kappa shape index (κ3) is 4.61. The summed E-state index contributed by atoms with van der Waals surface area (Å²) in [6, 6.07) is 5.10. The number of hydrogen-bond acceptors (Lipinski definition) is 3. The summed E-state index contributed by atoms with van der Waals surface area (Å²) in [6.45, 7) is 4.98. The van der Waals surface area contributed by atoms with Crippen molar-refractivity contribution >= 4 is 24.1 Å². The standard InChI is InChI=1S/C12H19N3O.ClH/c1-4-9(2)8-15(3)12(16)10-6-5-7-11(13)14-10;/h5-7,9H,4,8H2,1-3H3,(H2,13,14);1H. The van der Waals surface area contributed by atoms with E-state index < -0.39 is 0 Å². The molecular weight excluding hydrogens is 238 g/mol. The quantitative estimate of drug-likeness (QED) is 0.900. The van der Waals surface area contributed by atoms with Crippen LogP contribution in [-0.2, 0) is 0 Å². The Morgan fingerprint density at radius 2 is 2.18 bits per heavy atom. The van der Waals surface area contributed by atoms with Gasteiger partial charge >= 0.3 is 0 Å². The van der Waals surface area contributed by atoms with Crippen molar-refractivity contribution in [1.29, 1.82) is 0 Å². The average molecular weight is 258 g/mol. The maximum absolute atomic E-state index is 12.0. The van der Waals surface area contributed by atoms with Crippen LogP contribution in [0.5, 0.6) is 0 Å². The van der Waals surface area contributed by atoms with E-state index in [1.165, 1.54) is 0 Å². The number of nitrogens with zero attached hydrogens (tertiary/aromatic N) is 2. The van der Waals surface area contributed by atoms with Crippen molar-refractivity contribution in [3.63, 3.8) is 0 Å². The Labute approximate surface area is 109 Å². The van der Waals surface area contributed by atoms with Gasteiger partial charge in [-0.2, -0.15) is 0 Å². The molecule has 0 spiro atoms. The summed E-state index contributed by atoms with van der Waals surface area (Å²) in [7, 11) is 1.79. The Balaban J connectivity index is 0.00000256. The highest BCUT2D eigenvalue weighted by molar-refractivity contribution is 5.92. The number of anilines is 1. The van der Waals surface area contributed by atoms with Gasteiger partial charge in [0.15, 0.2) is 0 Å². The first-order valence-corrected chi connectivity index (χ1v) is 5.52. The number of aromatic nitrogens is 1. The van der Waals surface area contributed by atoms with E-state index in [-0.39, 0.29) is 18.3 Å². The summed E-state index contributed by atoms with van der Waals surface area (Å²) in [5.41, 5.74) is 5.95. The first-order chi connectivity index (χ1) is 7.54. The molecule has 1 atom stereocenters. The summed E-state index contributed by atoms with van der Waals surface area (Å²) in [5, 5.41) is 0. The van der Waals surface area contributed by atoms with E-state index in [1.54, 1.807) is 30.1 Å². The lowest BCUT2D eigenvalue weighted by Gasteiger charge is -2.20. The van der Waals surface area contributed by atoms with Crippen molar-refractivity contribution in [2.75, 3.05) is 19.3 Å². The van der Waals surface area contributed by atoms with Crippen LogP contribution in [0.1, 0.15) is 30.8 Å². The third-order valence-electron chi connectivity index (χ3n) is 2.62. The number of carbonyl (C=O) groups is 1. The molecule has 96 valence electrons. The molecule has 0 aromatic carbocycles. The van der Waals surface area contributed by atoms with E-state index in [0.717, 1.165) is 13.0 Å². The number of carbonyl (C=O) groups excluding carboxylic acids is 1. The molecule has 17 heavy (non-hydrogen) atoms. The summed E-state index contributed by atoms with van der Waals surface area (Å²) in [4.78, 5) is 17.7. The molecule has 1 aromatic heterocycles. The fourth-order valence-electron chi connectivity index (χ4n) is 1.45. The van der Waals surface area contributed by atoms with Crippen LogP contribution < -0.4 is 5.73 Å². The van der Waals surface area contributed by atoms with Crippen LogP contribution in [0.25, 0.3) is 0 Å². The molecular formula is C12H20ClN3O. The normalized spacial score (nSPS) is 11.5. The van der Waals surface area contributed by atoms with Crippen molar-refractivity contribution < 1.29 is 4.79 Å². The minimum absolute atomic E-state index is 0. The topological polar surface area (TPSA) is 59.2 Å². The number of rotatable bonds is 4. The molecule has 4 nitrogen and oxygen atoms in total. The van der Waals surface area contributed by atoms with Crippen molar-refractivity contribution in [1.82, 2.24) is 9.88 Å². The number of nitrogen functional groups attached to an aromatic ring is 1. The van der Waals surface area contributed by atoms with Crippen molar-refractivity contribution in [3.05, 3.63) is 23.9 Å². The third-order valence-corrected chi connectivity index (χ3v) is 2.62. The van der Waals surface area contributed by atoms with Gasteiger partial charge in [0.1, 0.15) is 11.5 Å². The molecule has 0 aliphatic rings. The number of hydrogen-bond donors (Lipinski definition) is 1. The second-order valence-corrected chi connectivity index (χ2v) is 4.15. The highest BCUT2D eigenvalue weighted by Crippen LogP contribution is 2.07. The zero-order chi connectivity index (χ0) is 12.1. The predicted molar refractivity (Wildman–Crippen MR) is 72.3 cm³/mol. The minimum Gasteiger partial charge on any atom is -0.384 e. The first-order valence-electron chi connectivity index (χ1n) is 5.52. The van der Waals surface area contributed by atoms with E-state index in [1.807, 2.05) is 0 Å². The van der Waals surface area contributed by atoms with Crippen LogP contribution in [0.15, 0.2) is 18.2 Å². The molecule has 0 bridgehead atoms. The van der Waals surface area contributed by atoms with Gasteiger partial charge < -0.3 is 10.6 Å². The van der Waals surface area contributed by atoms with Crippen LogP contribution in [0.2, 0.25) is 0 Å². The molecule has 2 N–H and O–H groups in total. The van der Waals surface area contributed by atoms with E-state index in [2.05, 4.69) is 18.8 Å². The fraction of sp³-hybridized carbons (Fsp3) is 0.500. The smallest absolute Gasteiger partial charge is 0.272 e. The highest BCUT2D eigenvalue weighted by atomic mass is 35.5. The van der Waals surface area contributed by atoms with Crippen LogP contribution in [0.3, 0.4) is 0 Å². The molecule has 0 radical (unpaired) electrons. The number of pyridine rings is 1. The lowest BCUT2D eigenvalue weighted by molar-refractivity contribution is 0.0769. The molecule has 1 aromatic rings. The van der Waals surface area contributed by atoms with Gasteiger partial charge in [0.2, 0.25) is 0 Å². The molecule has 0 saturated heterocycles. The van der Waals surface area contributed by atoms with Crippen LogP contribution in [0.4, 0.5) is 5.82 Å². The van der Waals surface area contributed by atoms with Crippen molar-refractivity contribution in [3.8, 4) is 0 Å². The largest absolute Gasteiger partial charge is 0.384 e. The van der Waals surface area contributed by atoms with E-state index in [4.69, 9.17) is 5.73 Å². The van der Waals surface area contributed by atoms with Crippen LogP contribution in [-0.4, -0.2) is 29.4 Å². The molecule has 0 saturated carbocycles. The molecule has 0 aliphatic heterocycles. The summed E-state index contributed by atoms with van der Waals surface area (Å²) < 4.78 is 0. The maximum Gasteiger partial charge on any atom is 0.272 e. The Hall–Kier alpha value is -1.29. The lowest BCUT2D eigenvalue weighted by Crippen LogP contribution is -2.31. The summed E-state index contributed by atoms with van der Waals surface area (Å²) in [5.74, 6) is 0.797.